The summed E-state index contributed by atoms with van der Waals surface area (Å²) < 4.78 is 10.2. The lowest BCUT2D eigenvalue weighted by Gasteiger charge is -2.08. The minimum absolute atomic E-state index is 0.0906. The molecule has 0 saturated carbocycles. The van der Waals surface area contributed by atoms with E-state index in [1.807, 2.05) is 120 Å². The summed E-state index contributed by atoms with van der Waals surface area (Å²) in [6.07, 6.45) is 3.85. The quantitative estimate of drug-likeness (QED) is 0.232. The van der Waals surface area contributed by atoms with Crippen LogP contribution in [0.15, 0.2) is 114 Å². The number of ether oxygens (including phenoxy) is 1. The fourth-order valence-corrected chi connectivity index (χ4v) is 5.77. The van der Waals surface area contributed by atoms with Gasteiger partial charge in [-0.1, -0.05) is 77.5 Å². The predicted molar refractivity (Wildman–Crippen MR) is 160 cm³/mol. The highest BCUT2D eigenvalue weighted by Gasteiger charge is 2.15. The summed E-state index contributed by atoms with van der Waals surface area (Å²) >= 11 is 7.39. The Morgan fingerprint density at radius 3 is 2.55 bits per heavy atom. The van der Waals surface area contributed by atoms with E-state index in [1.165, 1.54) is 11.3 Å². The van der Waals surface area contributed by atoms with Crippen molar-refractivity contribution in [1.29, 1.82) is 0 Å². The van der Waals surface area contributed by atoms with Crippen molar-refractivity contribution in [1.82, 2.24) is 19.2 Å². The van der Waals surface area contributed by atoms with E-state index in [2.05, 4.69) is 4.98 Å². The minimum atomic E-state index is -0.0906. The van der Waals surface area contributed by atoms with Crippen LogP contribution in [0.25, 0.3) is 39.0 Å². The Labute approximate surface area is 238 Å². The molecule has 0 atom stereocenters. The topological polar surface area (TPSA) is 61.4 Å². The number of thiazole rings is 1. The summed E-state index contributed by atoms with van der Waals surface area (Å²) in [5.74, 6) is 0.721. The van der Waals surface area contributed by atoms with Crippen LogP contribution in [-0.4, -0.2) is 19.2 Å². The lowest BCUT2D eigenvalue weighted by molar-refractivity contribution is 0.306. The van der Waals surface area contributed by atoms with Crippen LogP contribution in [0.1, 0.15) is 11.1 Å². The second kappa shape index (κ2) is 10.1. The van der Waals surface area contributed by atoms with Gasteiger partial charge in [0.2, 0.25) is 0 Å². The first-order valence-electron chi connectivity index (χ1n) is 12.7. The molecule has 3 heterocycles. The van der Waals surface area contributed by atoms with E-state index in [-0.39, 0.29) is 5.56 Å². The first-order chi connectivity index (χ1) is 19.6. The fraction of sp³-hybridized carbons (Fsp3) is 0.0312. The first kappa shape index (κ1) is 24.3. The molecule has 0 unspecified atom stereocenters. The molecular weight excluding hydrogens is 540 g/mol. The Bertz CT molecular complexity index is 2100. The number of hydrogen-bond acceptors (Lipinski definition) is 5. The summed E-state index contributed by atoms with van der Waals surface area (Å²) in [7, 11) is 0. The monoisotopic (exact) mass is 560 g/mol. The molecule has 7 aromatic rings. The van der Waals surface area contributed by atoms with Crippen molar-refractivity contribution in [3.8, 4) is 22.7 Å². The van der Waals surface area contributed by atoms with Gasteiger partial charge in [0, 0.05) is 22.3 Å². The van der Waals surface area contributed by atoms with Gasteiger partial charge < -0.3 is 4.74 Å². The number of nitrogens with zero attached hydrogens (tertiary/aromatic N) is 4. The normalized spacial score (nSPS) is 12.0. The van der Waals surface area contributed by atoms with Gasteiger partial charge in [0.1, 0.15) is 18.1 Å². The van der Waals surface area contributed by atoms with Gasteiger partial charge >= 0.3 is 0 Å². The zero-order valence-corrected chi connectivity index (χ0v) is 22.6. The van der Waals surface area contributed by atoms with E-state index in [4.69, 9.17) is 21.4 Å². The van der Waals surface area contributed by atoms with Crippen molar-refractivity contribution < 1.29 is 4.74 Å². The fourth-order valence-electron chi connectivity index (χ4n) is 4.66. The number of benzene rings is 4. The summed E-state index contributed by atoms with van der Waals surface area (Å²) in [6.45, 7) is 0.417. The van der Waals surface area contributed by atoms with Crippen LogP contribution in [0.2, 0.25) is 5.02 Å². The summed E-state index contributed by atoms with van der Waals surface area (Å²) in [5, 5.41) is 5.62. The number of rotatable bonds is 6. The third-order valence-electron chi connectivity index (χ3n) is 6.62. The van der Waals surface area contributed by atoms with E-state index in [0.717, 1.165) is 44.9 Å². The molecule has 0 saturated heterocycles. The van der Waals surface area contributed by atoms with Gasteiger partial charge in [-0.2, -0.15) is 5.10 Å². The predicted octanol–water partition coefficient (Wildman–Crippen LogP) is 6.54. The zero-order valence-electron chi connectivity index (χ0n) is 21.1. The second-order valence-electron chi connectivity index (χ2n) is 9.29. The van der Waals surface area contributed by atoms with E-state index >= 15 is 0 Å². The van der Waals surface area contributed by atoms with E-state index in [9.17, 15) is 4.79 Å². The van der Waals surface area contributed by atoms with Crippen molar-refractivity contribution in [2.75, 3.05) is 0 Å². The van der Waals surface area contributed by atoms with Crippen LogP contribution >= 0.6 is 22.9 Å². The Balaban J connectivity index is 1.32. The largest absolute Gasteiger partial charge is 0.489 e. The van der Waals surface area contributed by atoms with E-state index in [1.54, 1.807) is 4.40 Å². The van der Waals surface area contributed by atoms with Crippen molar-refractivity contribution in [3.63, 3.8) is 0 Å². The standard InChI is InChI=1S/C32H21ClN4O2S/c33-24-15-13-21(14-16-24)20-39-26-10-6-7-22(17-26)30-23(19-36(35-30)25-8-2-1-3-9-25)18-29-31(38)37-28-12-5-4-11-27(28)34-32(37)40-29/h1-19H,20H2. The molecule has 8 heteroatoms. The molecule has 7 rings (SSSR count). The number of imidazole rings is 1. The molecule has 6 nitrogen and oxygen atoms in total. The van der Waals surface area contributed by atoms with Crippen molar-refractivity contribution in [2.45, 2.75) is 6.61 Å². The Morgan fingerprint density at radius 1 is 0.900 bits per heavy atom. The average molecular weight is 561 g/mol. The highest BCUT2D eigenvalue weighted by atomic mass is 35.5. The molecule has 194 valence electrons. The first-order valence-corrected chi connectivity index (χ1v) is 13.9. The molecule has 40 heavy (non-hydrogen) atoms. The van der Waals surface area contributed by atoms with Gasteiger partial charge in [0.05, 0.1) is 21.3 Å². The molecular formula is C32H21ClN4O2S. The SMILES string of the molecule is O=c1c(=Cc2cn(-c3ccccc3)nc2-c2cccc(OCc3ccc(Cl)cc3)c2)sc2nc3ccccc3n12. The number of fused-ring (bicyclic) bond motifs is 3. The number of para-hydroxylation sites is 3. The Hall–Kier alpha value is -4.72. The van der Waals surface area contributed by atoms with Crippen molar-refractivity contribution in [2.24, 2.45) is 0 Å². The molecule has 0 aliphatic heterocycles. The third kappa shape index (κ3) is 4.55. The third-order valence-corrected chi connectivity index (χ3v) is 7.84. The summed E-state index contributed by atoms with van der Waals surface area (Å²) in [4.78, 5) is 18.8. The smallest absolute Gasteiger partial charge is 0.274 e. The molecule has 3 aromatic heterocycles. The summed E-state index contributed by atoms with van der Waals surface area (Å²) in [6, 6.07) is 33.0. The zero-order chi connectivity index (χ0) is 27.1. The van der Waals surface area contributed by atoms with Crippen LogP contribution < -0.4 is 14.8 Å². The Kier molecular flexibility index (Phi) is 6.15. The van der Waals surface area contributed by atoms with Crippen LogP contribution in [0.3, 0.4) is 0 Å². The number of aromatic nitrogens is 4. The molecule has 0 amide bonds. The van der Waals surface area contributed by atoms with Crippen LogP contribution in [0.4, 0.5) is 0 Å². The van der Waals surface area contributed by atoms with Crippen LogP contribution in [0, 0.1) is 0 Å². The van der Waals surface area contributed by atoms with E-state index in [0.29, 0.717) is 21.1 Å². The second-order valence-corrected chi connectivity index (χ2v) is 10.7. The minimum Gasteiger partial charge on any atom is -0.489 e. The average Bonchev–Trinajstić information content (AvgIpc) is 3.66. The maximum absolute atomic E-state index is 13.5. The van der Waals surface area contributed by atoms with Crippen molar-refractivity contribution in [3.05, 3.63) is 140 Å². The lowest BCUT2D eigenvalue weighted by Crippen LogP contribution is -2.22. The molecule has 0 radical (unpaired) electrons. The van der Waals surface area contributed by atoms with Gasteiger partial charge in [-0.15, -0.1) is 0 Å². The van der Waals surface area contributed by atoms with Gasteiger partial charge in [-0.05, 0) is 60.2 Å². The van der Waals surface area contributed by atoms with Gasteiger partial charge in [-0.25, -0.2) is 14.1 Å². The van der Waals surface area contributed by atoms with Gasteiger partial charge in [0.15, 0.2) is 4.96 Å². The molecule has 0 bridgehead atoms. The van der Waals surface area contributed by atoms with Gasteiger partial charge in [-0.3, -0.25) is 4.79 Å². The van der Waals surface area contributed by atoms with Crippen LogP contribution in [0.5, 0.6) is 5.75 Å². The van der Waals surface area contributed by atoms with Crippen LogP contribution in [-0.2, 0) is 6.61 Å². The molecule has 0 spiro atoms. The highest BCUT2D eigenvalue weighted by Crippen LogP contribution is 2.28. The number of hydrogen-bond donors (Lipinski definition) is 0. The number of halogens is 1. The molecule has 4 aromatic carbocycles. The molecule has 0 aliphatic carbocycles. The summed E-state index contributed by atoms with van der Waals surface area (Å²) in [5.41, 5.74) is 5.93. The Morgan fingerprint density at radius 2 is 1.70 bits per heavy atom. The van der Waals surface area contributed by atoms with Gasteiger partial charge in [0.25, 0.3) is 5.56 Å². The maximum Gasteiger partial charge on any atom is 0.274 e. The van der Waals surface area contributed by atoms with Crippen molar-refractivity contribution >= 4 is 45.0 Å². The maximum atomic E-state index is 13.5. The molecule has 0 fully saturated rings. The molecule has 0 N–H and O–H groups in total. The molecule has 0 aliphatic rings. The highest BCUT2D eigenvalue weighted by molar-refractivity contribution is 7.15. The lowest BCUT2D eigenvalue weighted by atomic mass is 10.1. The van der Waals surface area contributed by atoms with E-state index < -0.39 is 0 Å².